The standard InChI is InChI=1S/C13H17BrN2O4/c1-3-5-20-13(19)10(15-4-2)11(17)8-6-9(14)12(18)16-7-8/h6-7,10,15H,3-5H2,1-2H3,(H,16,18). The summed E-state index contributed by atoms with van der Waals surface area (Å²) < 4.78 is 5.23. The Hall–Kier alpha value is -1.47. The Balaban J connectivity index is 2.95. The lowest BCUT2D eigenvalue weighted by molar-refractivity contribution is -0.144. The molecule has 110 valence electrons. The first-order valence-electron chi connectivity index (χ1n) is 6.33. The molecule has 0 fully saturated rings. The number of likely N-dealkylation sites (N-methyl/N-ethyl adjacent to an activating group) is 1. The molecular weight excluding hydrogens is 328 g/mol. The number of Topliss-reactive ketones (excluding diaryl/α,β-unsaturated/α-hetero) is 1. The summed E-state index contributed by atoms with van der Waals surface area (Å²) in [5, 5.41) is 2.79. The number of esters is 1. The molecule has 1 atom stereocenters. The fourth-order valence-electron chi connectivity index (χ4n) is 1.54. The molecule has 0 saturated heterocycles. The Morgan fingerprint density at radius 2 is 2.15 bits per heavy atom. The predicted octanol–water partition coefficient (Wildman–Crippen LogP) is 1.25. The normalized spacial score (nSPS) is 11.9. The molecule has 0 radical (unpaired) electrons. The molecule has 1 aromatic rings. The van der Waals surface area contributed by atoms with Crippen molar-refractivity contribution in [3.63, 3.8) is 0 Å². The van der Waals surface area contributed by atoms with Crippen LogP contribution in [0, 0.1) is 0 Å². The molecule has 0 saturated carbocycles. The zero-order chi connectivity index (χ0) is 15.1. The minimum absolute atomic E-state index is 0.232. The number of rotatable bonds is 7. The Bertz CT molecular complexity index is 541. The van der Waals surface area contributed by atoms with Gasteiger partial charge in [0, 0.05) is 11.8 Å². The van der Waals surface area contributed by atoms with Crippen LogP contribution in [0.4, 0.5) is 0 Å². The highest BCUT2D eigenvalue weighted by Crippen LogP contribution is 2.09. The summed E-state index contributed by atoms with van der Waals surface area (Å²) in [5.74, 6) is -1.05. The molecule has 6 nitrogen and oxygen atoms in total. The second-order valence-electron chi connectivity index (χ2n) is 4.09. The Kier molecular flexibility index (Phi) is 6.60. The van der Waals surface area contributed by atoms with Gasteiger partial charge in [0.05, 0.1) is 11.1 Å². The molecular formula is C13H17BrN2O4. The van der Waals surface area contributed by atoms with Gasteiger partial charge >= 0.3 is 5.97 Å². The van der Waals surface area contributed by atoms with Gasteiger partial charge in [0.25, 0.3) is 5.56 Å². The number of H-pyrrole nitrogens is 1. The van der Waals surface area contributed by atoms with E-state index in [2.05, 4.69) is 26.2 Å². The molecule has 1 rings (SSSR count). The number of carbonyl (C=O) groups is 2. The van der Waals surface area contributed by atoms with E-state index in [4.69, 9.17) is 4.74 Å². The van der Waals surface area contributed by atoms with Gasteiger partial charge in [-0.05, 0) is 35.0 Å². The monoisotopic (exact) mass is 344 g/mol. The summed E-state index contributed by atoms with van der Waals surface area (Å²) in [7, 11) is 0. The van der Waals surface area contributed by atoms with Gasteiger partial charge in [0.15, 0.2) is 11.8 Å². The summed E-state index contributed by atoms with van der Waals surface area (Å²) in [6, 6.07) is 0.322. The highest BCUT2D eigenvalue weighted by atomic mass is 79.9. The van der Waals surface area contributed by atoms with E-state index >= 15 is 0 Å². The number of pyridine rings is 1. The first kappa shape index (κ1) is 16.6. The van der Waals surface area contributed by atoms with E-state index in [-0.39, 0.29) is 22.2 Å². The largest absolute Gasteiger partial charge is 0.464 e. The van der Waals surface area contributed by atoms with Crippen molar-refractivity contribution in [3.05, 3.63) is 32.7 Å². The van der Waals surface area contributed by atoms with Crippen molar-refractivity contribution in [1.29, 1.82) is 0 Å². The van der Waals surface area contributed by atoms with E-state index in [1.54, 1.807) is 6.92 Å². The maximum Gasteiger partial charge on any atom is 0.331 e. The molecule has 20 heavy (non-hydrogen) atoms. The Labute approximate surface area is 125 Å². The highest BCUT2D eigenvalue weighted by molar-refractivity contribution is 9.10. The summed E-state index contributed by atoms with van der Waals surface area (Å²) in [6.45, 7) is 4.37. The van der Waals surface area contributed by atoms with Crippen molar-refractivity contribution in [2.75, 3.05) is 13.2 Å². The lowest BCUT2D eigenvalue weighted by Gasteiger charge is -2.15. The second kappa shape index (κ2) is 7.96. The molecule has 0 amide bonds. The maximum atomic E-state index is 12.3. The zero-order valence-corrected chi connectivity index (χ0v) is 13.0. The molecule has 0 aliphatic carbocycles. The van der Waals surface area contributed by atoms with Gasteiger partial charge in [-0.25, -0.2) is 4.79 Å². The molecule has 1 heterocycles. The van der Waals surface area contributed by atoms with E-state index in [1.165, 1.54) is 12.3 Å². The first-order valence-corrected chi connectivity index (χ1v) is 7.13. The van der Waals surface area contributed by atoms with Crippen LogP contribution >= 0.6 is 15.9 Å². The Morgan fingerprint density at radius 3 is 2.70 bits per heavy atom. The lowest BCUT2D eigenvalue weighted by atomic mass is 10.1. The zero-order valence-electron chi connectivity index (χ0n) is 11.4. The molecule has 0 spiro atoms. The maximum absolute atomic E-state index is 12.3. The third-order valence-corrected chi connectivity index (χ3v) is 3.09. The van der Waals surface area contributed by atoms with Crippen LogP contribution in [0.25, 0.3) is 0 Å². The molecule has 0 aromatic carbocycles. The SMILES string of the molecule is CCCOC(=O)C(NCC)C(=O)c1c[nH]c(=O)c(Br)c1. The van der Waals surface area contributed by atoms with E-state index in [0.29, 0.717) is 13.0 Å². The average Bonchev–Trinajstić information content (AvgIpc) is 2.44. The van der Waals surface area contributed by atoms with Crippen LogP contribution in [-0.2, 0) is 9.53 Å². The molecule has 1 unspecified atom stereocenters. The molecule has 7 heteroatoms. The third kappa shape index (κ3) is 4.28. The number of nitrogens with one attached hydrogen (secondary N) is 2. The van der Waals surface area contributed by atoms with Crippen molar-refractivity contribution in [3.8, 4) is 0 Å². The van der Waals surface area contributed by atoms with Crippen molar-refractivity contribution < 1.29 is 14.3 Å². The average molecular weight is 345 g/mol. The van der Waals surface area contributed by atoms with Crippen molar-refractivity contribution in [1.82, 2.24) is 10.3 Å². The fraction of sp³-hybridized carbons (Fsp3) is 0.462. The number of aromatic nitrogens is 1. The number of halogens is 1. The summed E-state index contributed by atoms with van der Waals surface area (Å²) in [4.78, 5) is 37.8. The third-order valence-electron chi connectivity index (χ3n) is 2.50. The van der Waals surface area contributed by atoms with Crippen LogP contribution in [0.15, 0.2) is 21.5 Å². The van der Waals surface area contributed by atoms with Gasteiger partial charge in [-0.2, -0.15) is 0 Å². The fourth-order valence-corrected chi connectivity index (χ4v) is 1.90. The van der Waals surface area contributed by atoms with Gasteiger partial charge < -0.3 is 9.72 Å². The Morgan fingerprint density at radius 1 is 1.45 bits per heavy atom. The van der Waals surface area contributed by atoms with E-state index in [9.17, 15) is 14.4 Å². The van der Waals surface area contributed by atoms with Gasteiger partial charge in [0.2, 0.25) is 0 Å². The van der Waals surface area contributed by atoms with E-state index < -0.39 is 17.8 Å². The van der Waals surface area contributed by atoms with Crippen LogP contribution in [0.5, 0.6) is 0 Å². The molecule has 0 aliphatic rings. The van der Waals surface area contributed by atoms with Gasteiger partial charge in [-0.1, -0.05) is 13.8 Å². The smallest absolute Gasteiger partial charge is 0.331 e. The van der Waals surface area contributed by atoms with Crippen LogP contribution in [0.2, 0.25) is 0 Å². The minimum Gasteiger partial charge on any atom is -0.464 e. The molecule has 0 aliphatic heterocycles. The molecule has 1 aromatic heterocycles. The predicted molar refractivity (Wildman–Crippen MR) is 77.8 cm³/mol. The van der Waals surface area contributed by atoms with Crippen molar-refractivity contribution in [2.24, 2.45) is 0 Å². The number of ketones is 1. The lowest BCUT2D eigenvalue weighted by Crippen LogP contribution is -2.44. The van der Waals surface area contributed by atoms with Crippen LogP contribution < -0.4 is 10.9 Å². The molecule has 2 N–H and O–H groups in total. The number of carbonyl (C=O) groups excluding carboxylic acids is 2. The first-order chi connectivity index (χ1) is 9.51. The van der Waals surface area contributed by atoms with Crippen molar-refractivity contribution >= 4 is 27.7 Å². The van der Waals surface area contributed by atoms with Crippen LogP contribution in [0.1, 0.15) is 30.6 Å². The van der Waals surface area contributed by atoms with Gasteiger partial charge in [-0.3, -0.25) is 14.9 Å². The van der Waals surface area contributed by atoms with Gasteiger partial charge in [0.1, 0.15) is 0 Å². The second-order valence-corrected chi connectivity index (χ2v) is 4.94. The topological polar surface area (TPSA) is 88.3 Å². The van der Waals surface area contributed by atoms with E-state index in [1.807, 2.05) is 6.92 Å². The highest BCUT2D eigenvalue weighted by Gasteiger charge is 2.28. The number of aromatic amines is 1. The quantitative estimate of drug-likeness (QED) is 0.441. The number of hydrogen-bond acceptors (Lipinski definition) is 5. The molecule has 0 bridgehead atoms. The van der Waals surface area contributed by atoms with Crippen LogP contribution in [0.3, 0.4) is 0 Å². The summed E-state index contributed by atoms with van der Waals surface area (Å²) >= 11 is 3.05. The van der Waals surface area contributed by atoms with Gasteiger partial charge in [-0.15, -0.1) is 0 Å². The number of hydrogen-bond donors (Lipinski definition) is 2. The summed E-state index contributed by atoms with van der Waals surface area (Å²) in [6.07, 6.45) is 1.97. The summed E-state index contributed by atoms with van der Waals surface area (Å²) in [5.41, 5.74) is -0.106. The van der Waals surface area contributed by atoms with E-state index in [0.717, 1.165) is 0 Å². The van der Waals surface area contributed by atoms with Crippen LogP contribution in [-0.4, -0.2) is 35.9 Å². The van der Waals surface area contributed by atoms with Crippen molar-refractivity contribution in [2.45, 2.75) is 26.3 Å². The number of ether oxygens (including phenoxy) is 1. The minimum atomic E-state index is -1.07.